The van der Waals surface area contributed by atoms with Gasteiger partial charge in [0, 0.05) is 30.8 Å². The number of rotatable bonds is 4. The maximum atomic E-state index is 13.4. The molecule has 2 amide bonds. The Morgan fingerprint density at radius 1 is 1.18 bits per heavy atom. The predicted molar refractivity (Wildman–Crippen MR) is 102 cm³/mol. The molecule has 9 heteroatoms. The van der Waals surface area contributed by atoms with Crippen LogP contribution in [0, 0.1) is 21.8 Å². The Hall–Kier alpha value is -3.00. The number of carbonyl (C=O) groups is 2. The zero-order chi connectivity index (χ0) is 20.3. The van der Waals surface area contributed by atoms with Crippen LogP contribution < -0.4 is 5.32 Å². The number of benzene rings is 2. The molecular weight excluding hydrogens is 389 g/mol. The van der Waals surface area contributed by atoms with Gasteiger partial charge in [-0.25, -0.2) is 0 Å². The molecule has 3 rings (SSSR count). The first-order chi connectivity index (χ1) is 13.4. The first kappa shape index (κ1) is 19.8. The van der Waals surface area contributed by atoms with Gasteiger partial charge in [-0.05, 0) is 37.1 Å². The molecule has 146 valence electrons. The van der Waals surface area contributed by atoms with Gasteiger partial charge < -0.3 is 10.2 Å². The summed E-state index contributed by atoms with van der Waals surface area (Å²) in [5, 5.41) is 13.8. The molecule has 2 aromatic carbocycles. The van der Waals surface area contributed by atoms with Crippen molar-refractivity contribution in [2.75, 3.05) is 18.4 Å². The van der Waals surface area contributed by atoms with Gasteiger partial charge in [-0.15, -0.1) is 0 Å². The first-order valence-corrected chi connectivity index (χ1v) is 9.03. The lowest BCUT2D eigenvalue weighted by atomic mass is 9.95. The normalized spacial score (nSPS) is 14.6. The summed E-state index contributed by atoms with van der Waals surface area (Å²) in [5.74, 6) is -1.81. The molecule has 0 aliphatic carbocycles. The molecule has 0 saturated carbocycles. The molecule has 1 fully saturated rings. The van der Waals surface area contributed by atoms with Crippen LogP contribution in [-0.4, -0.2) is 34.7 Å². The van der Waals surface area contributed by atoms with Crippen molar-refractivity contribution in [3.05, 3.63) is 69.0 Å². The molecule has 0 atom stereocenters. The number of amides is 2. The van der Waals surface area contributed by atoms with E-state index in [1.807, 2.05) is 0 Å². The molecular formula is C19H17ClFN3O4. The van der Waals surface area contributed by atoms with Crippen molar-refractivity contribution in [2.45, 2.75) is 12.8 Å². The van der Waals surface area contributed by atoms with Crippen molar-refractivity contribution in [2.24, 2.45) is 5.92 Å². The summed E-state index contributed by atoms with van der Waals surface area (Å²) in [6.07, 6.45) is 0.899. The van der Waals surface area contributed by atoms with Crippen LogP contribution in [0.15, 0.2) is 42.5 Å². The van der Waals surface area contributed by atoms with Crippen LogP contribution in [0.3, 0.4) is 0 Å². The summed E-state index contributed by atoms with van der Waals surface area (Å²) in [6, 6.07) is 10.00. The molecule has 28 heavy (non-hydrogen) atoms. The quantitative estimate of drug-likeness (QED) is 0.617. The largest absolute Gasteiger partial charge is 0.339 e. The molecule has 2 aromatic rings. The van der Waals surface area contributed by atoms with Crippen molar-refractivity contribution in [3.63, 3.8) is 0 Å². The van der Waals surface area contributed by atoms with Crippen LogP contribution in [0.5, 0.6) is 0 Å². The SMILES string of the molecule is O=C(Nc1ccc(F)c([N+](=O)[O-])c1)C1CCN(C(=O)c2ccccc2Cl)CC1. The number of piperidine rings is 1. The average Bonchev–Trinajstić information content (AvgIpc) is 2.69. The van der Waals surface area contributed by atoms with Gasteiger partial charge in [-0.2, -0.15) is 4.39 Å². The third kappa shape index (κ3) is 4.28. The average molecular weight is 406 g/mol. The van der Waals surface area contributed by atoms with Gasteiger partial charge in [-0.1, -0.05) is 23.7 Å². The topological polar surface area (TPSA) is 92.5 Å². The Labute approximate surface area is 165 Å². The van der Waals surface area contributed by atoms with Crippen LogP contribution >= 0.6 is 11.6 Å². The van der Waals surface area contributed by atoms with E-state index in [9.17, 15) is 24.1 Å². The van der Waals surface area contributed by atoms with Gasteiger partial charge in [0.2, 0.25) is 11.7 Å². The highest BCUT2D eigenvalue weighted by Gasteiger charge is 2.29. The summed E-state index contributed by atoms with van der Waals surface area (Å²) in [4.78, 5) is 36.6. The van der Waals surface area contributed by atoms with Crippen LogP contribution in [0.1, 0.15) is 23.2 Å². The fourth-order valence-corrected chi connectivity index (χ4v) is 3.34. The van der Waals surface area contributed by atoms with Crippen LogP contribution in [0.4, 0.5) is 15.8 Å². The third-order valence-corrected chi connectivity index (χ3v) is 5.00. The molecule has 1 aliphatic heterocycles. The number of hydrogen-bond acceptors (Lipinski definition) is 4. The Bertz CT molecular complexity index is 929. The minimum Gasteiger partial charge on any atom is -0.339 e. The van der Waals surface area contributed by atoms with E-state index in [1.54, 1.807) is 29.2 Å². The lowest BCUT2D eigenvalue weighted by Crippen LogP contribution is -2.41. The Morgan fingerprint density at radius 2 is 1.86 bits per heavy atom. The highest BCUT2D eigenvalue weighted by atomic mass is 35.5. The summed E-state index contributed by atoms with van der Waals surface area (Å²) in [6.45, 7) is 0.789. The second kappa shape index (κ2) is 8.35. The summed E-state index contributed by atoms with van der Waals surface area (Å²) >= 11 is 6.07. The van der Waals surface area contributed by atoms with Crippen molar-refractivity contribution in [1.29, 1.82) is 0 Å². The maximum Gasteiger partial charge on any atom is 0.306 e. The van der Waals surface area contributed by atoms with Crippen LogP contribution in [0.25, 0.3) is 0 Å². The second-order valence-electron chi connectivity index (χ2n) is 6.46. The number of hydrogen-bond donors (Lipinski definition) is 1. The molecule has 0 spiro atoms. The lowest BCUT2D eigenvalue weighted by Gasteiger charge is -2.31. The Balaban J connectivity index is 1.60. The maximum absolute atomic E-state index is 13.4. The number of nitro benzene ring substituents is 1. The van der Waals surface area contributed by atoms with E-state index in [2.05, 4.69) is 5.32 Å². The molecule has 1 aliphatic rings. The van der Waals surface area contributed by atoms with Gasteiger partial charge in [0.1, 0.15) is 0 Å². The smallest absolute Gasteiger partial charge is 0.306 e. The van der Waals surface area contributed by atoms with Crippen molar-refractivity contribution < 1.29 is 18.9 Å². The number of halogens is 2. The number of nitrogens with zero attached hydrogens (tertiary/aromatic N) is 2. The van der Waals surface area contributed by atoms with Crippen molar-refractivity contribution in [1.82, 2.24) is 4.90 Å². The van der Waals surface area contributed by atoms with Gasteiger partial charge in [-0.3, -0.25) is 19.7 Å². The monoisotopic (exact) mass is 405 g/mol. The number of anilines is 1. The van der Waals surface area contributed by atoms with Crippen LogP contribution in [0.2, 0.25) is 5.02 Å². The highest BCUT2D eigenvalue weighted by Crippen LogP contribution is 2.25. The van der Waals surface area contributed by atoms with Gasteiger partial charge >= 0.3 is 5.69 Å². The number of carbonyl (C=O) groups excluding carboxylic acids is 2. The molecule has 7 nitrogen and oxygen atoms in total. The van der Waals surface area contributed by atoms with E-state index in [4.69, 9.17) is 11.6 Å². The molecule has 1 N–H and O–H groups in total. The Kier molecular flexibility index (Phi) is 5.89. The van der Waals surface area contributed by atoms with Crippen molar-refractivity contribution in [3.8, 4) is 0 Å². The van der Waals surface area contributed by atoms with E-state index in [0.717, 1.165) is 12.1 Å². The zero-order valence-electron chi connectivity index (χ0n) is 14.7. The molecule has 1 saturated heterocycles. The van der Waals surface area contributed by atoms with E-state index >= 15 is 0 Å². The number of likely N-dealkylation sites (tertiary alicyclic amines) is 1. The fraction of sp³-hybridized carbons (Fsp3) is 0.263. The highest BCUT2D eigenvalue weighted by molar-refractivity contribution is 6.33. The zero-order valence-corrected chi connectivity index (χ0v) is 15.5. The molecule has 0 unspecified atom stereocenters. The van der Waals surface area contributed by atoms with Gasteiger partial charge in [0.15, 0.2) is 0 Å². The predicted octanol–water partition coefficient (Wildman–Crippen LogP) is 3.88. The van der Waals surface area contributed by atoms with E-state index in [0.29, 0.717) is 36.5 Å². The number of nitrogens with one attached hydrogen (secondary N) is 1. The summed E-state index contributed by atoms with van der Waals surface area (Å²) < 4.78 is 13.4. The van der Waals surface area contributed by atoms with E-state index in [1.165, 1.54) is 6.07 Å². The van der Waals surface area contributed by atoms with E-state index < -0.39 is 16.4 Å². The molecule has 0 radical (unpaired) electrons. The van der Waals surface area contributed by atoms with Gasteiger partial charge in [0.05, 0.1) is 15.5 Å². The molecule has 1 heterocycles. The summed E-state index contributed by atoms with van der Waals surface area (Å²) in [5.41, 5.74) is -0.115. The Morgan fingerprint density at radius 3 is 2.50 bits per heavy atom. The van der Waals surface area contributed by atoms with Crippen molar-refractivity contribution >= 4 is 34.8 Å². The van der Waals surface area contributed by atoms with E-state index in [-0.39, 0.29) is 23.4 Å². The third-order valence-electron chi connectivity index (χ3n) is 4.67. The molecule has 0 bridgehead atoms. The standard InChI is InChI=1S/C19H17ClFN3O4/c20-15-4-2-1-3-14(15)19(26)23-9-7-12(8-10-23)18(25)22-13-5-6-16(21)17(11-13)24(27)28/h1-6,11-12H,7-10H2,(H,22,25). The first-order valence-electron chi connectivity index (χ1n) is 8.65. The molecule has 0 aromatic heterocycles. The fourth-order valence-electron chi connectivity index (χ4n) is 3.12. The van der Waals surface area contributed by atoms with Gasteiger partial charge in [0.25, 0.3) is 5.91 Å². The lowest BCUT2D eigenvalue weighted by molar-refractivity contribution is -0.387. The van der Waals surface area contributed by atoms with Crippen LogP contribution in [-0.2, 0) is 4.79 Å². The second-order valence-corrected chi connectivity index (χ2v) is 6.87. The minimum atomic E-state index is -0.964. The minimum absolute atomic E-state index is 0.160. The summed E-state index contributed by atoms with van der Waals surface area (Å²) in [7, 11) is 0. The number of nitro groups is 1.